The van der Waals surface area contributed by atoms with Crippen LogP contribution in [0.4, 0.5) is 0 Å². The van der Waals surface area contributed by atoms with Crippen LogP contribution in [-0.4, -0.2) is 6.10 Å². The van der Waals surface area contributed by atoms with Crippen molar-refractivity contribution >= 4 is 11.6 Å². The van der Waals surface area contributed by atoms with E-state index in [1.54, 1.807) is 0 Å². The maximum absolute atomic E-state index is 6.12. The lowest BCUT2D eigenvalue weighted by molar-refractivity contribution is 0.124. The lowest BCUT2D eigenvalue weighted by atomic mass is 10.2. The molecule has 16 heavy (non-hydrogen) atoms. The highest BCUT2D eigenvalue weighted by molar-refractivity contribution is 6.32. The average Bonchev–Trinajstić information content (AvgIpc) is 2.75. The van der Waals surface area contributed by atoms with Crippen LogP contribution in [0.25, 0.3) is 0 Å². The third kappa shape index (κ3) is 2.88. The standard InChI is InChI=1S/C12H16ClNO2/c13-11-7-9(8-15-14)5-6-12(11)16-10-3-1-2-4-10/h5-7,10H,1-4,8,14H2. The molecule has 2 N–H and O–H groups in total. The first-order valence-corrected chi connectivity index (χ1v) is 5.94. The fourth-order valence-corrected chi connectivity index (χ4v) is 2.26. The summed E-state index contributed by atoms with van der Waals surface area (Å²) in [6.45, 7) is 0.365. The Labute approximate surface area is 100 Å². The molecule has 0 spiro atoms. The van der Waals surface area contributed by atoms with Crippen molar-refractivity contribution in [2.45, 2.75) is 38.4 Å². The van der Waals surface area contributed by atoms with Crippen molar-refractivity contribution < 1.29 is 9.57 Å². The fraction of sp³-hybridized carbons (Fsp3) is 0.500. The maximum atomic E-state index is 6.12. The van der Waals surface area contributed by atoms with Gasteiger partial charge in [0, 0.05) is 0 Å². The monoisotopic (exact) mass is 241 g/mol. The van der Waals surface area contributed by atoms with E-state index in [1.165, 1.54) is 12.8 Å². The van der Waals surface area contributed by atoms with Crippen LogP contribution >= 0.6 is 11.6 Å². The molecule has 0 aliphatic heterocycles. The van der Waals surface area contributed by atoms with Crippen LogP contribution in [0.2, 0.25) is 5.02 Å². The Morgan fingerprint density at radius 2 is 2.06 bits per heavy atom. The van der Waals surface area contributed by atoms with Crippen LogP contribution < -0.4 is 10.6 Å². The Balaban J connectivity index is 2.03. The first-order valence-electron chi connectivity index (χ1n) is 5.56. The largest absolute Gasteiger partial charge is 0.489 e. The molecule has 0 atom stereocenters. The minimum atomic E-state index is 0.328. The maximum Gasteiger partial charge on any atom is 0.138 e. The molecular formula is C12H16ClNO2. The number of hydrogen-bond donors (Lipinski definition) is 1. The molecule has 0 bridgehead atoms. The molecule has 0 heterocycles. The second kappa shape index (κ2) is 5.53. The van der Waals surface area contributed by atoms with Gasteiger partial charge in [-0.3, -0.25) is 4.84 Å². The molecule has 0 unspecified atom stereocenters. The zero-order valence-corrected chi connectivity index (χ0v) is 9.87. The van der Waals surface area contributed by atoms with Crippen LogP contribution in [0.5, 0.6) is 5.75 Å². The summed E-state index contributed by atoms with van der Waals surface area (Å²) in [7, 11) is 0. The van der Waals surface area contributed by atoms with Gasteiger partial charge in [0.1, 0.15) is 5.75 Å². The van der Waals surface area contributed by atoms with Crippen molar-refractivity contribution in [1.29, 1.82) is 0 Å². The van der Waals surface area contributed by atoms with Gasteiger partial charge in [0.15, 0.2) is 0 Å². The Hall–Kier alpha value is -0.770. The van der Waals surface area contributed by atoms with Crippen molar-refractivity contribution in [3.63, 3.8) is 0 Å². The molecule has 1 aromatic carbocycles. The first kappa shape index (κ1) is 11.7. The van der Waals surface area contributed by atoms with Gasteiger partial charge >= 0.3 is 0 Å². The lowest BCUT2D eigenvalue weighted by Crippen LogP contribution is -2.11. The van der Waals surface area contributed by atoms with E-state index >= 15 is 0 Å². The highest BCUT2D eigenvalue weighted by Gasteiger charge is 2.17. The summed E-state index contributed by atoms with van der Waals surface area (Å²) in [6, 6.07) is 5.64. The molecule has 0 radical (unpaired) electrons. The summed E-state index contributed by atoms with van der Waals surface area (Å²) in [5, 5.41) is 0.626. The highest BCUT2D eigenvalue weighted by atomic mass is 35.5. The Kier molecular flexibility index (Phi) is 4.04. The second-order valence-corrected chi connectivity index (χ2v) is 4.51. The average molecular weight is 242 g/mol. The molecule has 1 aliphatic carbocycles. The molecular weight excluding hydrogens is 226 g/mol. The normalized spacial score (nSPS) is 16.6. The number of nitrogens with two attached hydrogens (primary N) is 1. The molecule has 0 amide bonds. The van der Waals surface area contributed by atoms with Gasteiger partial charge in [0.25, 0.3) is 0 Å². The topological polar surface area (TPSA) is 44.5 Å². The molecule has 0 aromatic heterocycles. The van der Waals surface area contributed by atoms with E-state index in [9.17, 15) is 0 Å². The van der Waals surface area contributed by atoms with Gasteiger partial charge in [0.2, 0.25) is 0 Å². The van der Waals surface area contributed by atoms with Gasteiger partial charge in [-0.05, 0) is 43.4 Å². The fourth-order valence-electron chi connectivity index (χ4n) is 2.01. The zero-order chi connectivity index (χ0) is 11.4. The minimum Gasteiger partial charge on any atom is -0.489 e. The number of ether oxygens (including phenoxy) is 1. The Morgan fingerprint density at radius 3 is 2.69 bits per heavy atom. The van der Waals surface area contributed by atoms with Crippen molar-refractivity contribution in [3.8, 4) is 5.75 Å². The number of rotatable bonds is 4. The van der Waals surface area contributed by atoms with E-state index in [0.717, 1.165) is 24.2 Å². The molecule has 4 heteroatoms. The second-order valence-electron chi connectivity index (χ2n) is 4.10. The molecule has 1 aliphatic rings. The van der Waals surface area contributed by atoms with Crippen molar-refractivity contribution in [2.24, 2.45) is 5.90 Å². The number of halogens is 1. The summed E-state index contributed by atoms with van der Waals surface area (Å²) in [5.41, 5.74) is 0.950. The first-order chi connectivity index (χ1) is 7.79. The quantitative estimate of drug-likeness (QED) is 0.824. The van der Waals surface area contributed by atoms with Gasteiger partial charge in [-0.25, -0.2) is 5.90 Å². The van der Waals surface area contributed by atoms with Gasteiger partial charge in [-0.1, -0.05) is 17.7 Å². The molecule has 2 rings (SSSR count). The summed E-state index contributed by atoms with van der Waals surface area (Å²) < 4.78 is 5.84. The zero-order valence-electron chi connectivity index (χ0n) is 9.12. The summed E-state index contributed by atoms with van der Waals surface area (Å²) in [5.74, 6) is 5.77. The number of benzene rings is 1. The van der Waals surface area contributed by atoms with E-state index in [4.69, 9.17) is 22.2 Å². The predicted octanol–water partition coefficient (Wildman–Crippen LogP) is 3.05. The summed E-state index contributed by atoms with van der Waals surface area (Å²) >= 11 is 6.12. The van der Waals surface area contributed by atoms with Gasteiger partial charge in [0.05, 0.1) is 17.7 Å². The van der Waals surface area contributed by atoms with E-state index < -0.39 is 0 Å². The van der Waals surface area contributed by atoms with Crippen LogP contribution in [0.15, 0.2) is 18.2 Å². The van der Waals surface area contributed by atoms with Crippen LogP contribution in [0.3, 0.4) is 0 Å². The van der Waals surface area contributed by atoms with Crippen molar-refractivity contribution in [1.82, 2.24) is 0 Å². The third-order valence-corrected chi connectivity index (χ3v) is 3.14. The van der Waals surface area contributed by atoms with Gasteiger partial charge < -0.3 is 4.74 Å². The Morgan fingerprint density at radius 1 is 1.31 bits per heavy atom. The summed E-state index contributed by atoms with van der Waals surface area (Å²) in [6.07, 6.45) is 5.09. The molecule has 88 valence electrons. The Bertz CT molecular complexity index is 351. The smallest absolute Gasteiger partial charge is 0.138 e. The van der Waals surface area contributed by atoms with Crippen molar-refractivity contribution in [3.05, 3.63) is 28.8 Å². The summed E-state index contributed by atoms with van der Waals surface area (Å²) in [4.78, 5) is 4.56. The van der Waals surface area contributed by atoms with E-state index in [0.29, 0.717) is 17.7 Å². The third-order valence-electron chi connectivity index (χ3n) is 2.84. The molecule has 1 aromatic rings. The van der Waals surface area contributed by atoms with E-state index in [1.807, 2.05) is 18.2 Å². The number of hydrogen-bond acceptors (Lipinski definition) is 3. The van der Waals surface area contributed by atoms with E-state index in [2.05, 4.69) is 4.84 Å². The molecule has 1 fully saturated rings. The van der Waals surface area contributed by atoms with Gasteiger partial charge in [-0.2, -0.15) is 0 Å². The molecule has 1 saturated carbocycles. The van der Waals surface area contributed by atoms with Crippen LogP contribution in [0.1, 0.15) is 31.2 Å². The van der Waals surface area contributed by atoms with Crippen LogP contribution in [0, 0.1) is 0 Å². The van der Waals surface area contributed by atoms with Crippen LogP contribution in [-0.2, 0) is 11.4 Å². The molecule has 3 nitrogen and oxygen atoms in total. The lowest BCUT2D eigenvalue weighted by Gasteiger charge is -2.14. The SMILES string of the molecule is NOCc1ccc(OC2CCCC2)c(Cl)c1. The van der Waals surface area contributed by atoms with Gasteiger partial charge in [-0.15, -0.1) is 0 Å². The minimum absolute atomic E-state index is 0.328. The van der Waals surface area contributed by atoms with Crippen molar-refractivity contribution in [2.75, 3.05) is 0 Å². The predicted molar refractivity (Wildman–Crippen MR) is 63.3 cm³/mol. The highest BCUT2D eigenvalue weighted by Crippen LogP contribution is 2.30. The van der Waals surface area contributed by atoms with E-state index in [-0.39, 0.29) is 0 Å². The molecule has 0 saturated heterocycles.